The number of hydrogen-bond acceptors (Lipinski definition) is 4. The molecule has 1 aromatic heterocycles. The smallest absolute Gasteiger partial charge is 0.410 e. The molecule has 2 fully saturated rings. The average molecular weight is 363 g/mol. The first-order chi connectivity index (χ1) is 9.58. The van der Waals surface area contributed by atoms with E-state index in [1.807, 2.05) is 6.92 Å². The Balaban J connectivity index is 0.00000161. The molecule has 0 atom stereocenters. The van der Waals surface area contributed by atoms with Gasteiger partial charge in [0.1, 0.15) is 5.54 Å². The Morgan fingerprint density at radius 2 is 2.14 bits per heavy atom. The summed E-state index contributed by atoms with van der Waals surface area (Å²) in [5.41, 5.74) is 0.216. The monoisotopic (exact) mass is 363 g/mol. The molecule has 2 amide bonds. The molecule has 21 heavy (non-hydrogen) atoms. The molecule has 1 aromatic rings. The van der Waals surface area contributed by atoms with Gasteiger partial charge in [0.15, 0.2) is 0 Å². The minimum Gasteiger partial charge on any atom is -0.453 e. The summed E-state index contributed by atoms with van der Waals surface area (Å²) in [4.78, 5) is 31.9. The normalized spacial score (nSPS) is 19.2. The second-order valence-electron chi connectivity index (χ2n) is 5.20. The summed E-state index contributed by atoms with van der Waals surface area (Å²) in [5, 5.41) is 0. The Hall–Kier alpha value is -1.01. The fourth-order valence-electron chi connectivity index (χ4n) is 2.64. The van der Waals surface area contributed by atoms with E-state index in [1.165, 1.54) is 7.11 Å². The first-order valence-electron chi connectivity index (χ1n) is 6.60. The van der Waals surface area contributed by atoms with Crippen LogP contribution in [0.1, 0.15) is 18.4 Å². The van der Waals surface area contributed by atoms with Gasteiger partial charge in [-0.3, -0.25) is 9.69 Å². The van der Waals surface area contributed by atoms with E-state index < -0.39 is 11.6 Å². The van der Waals surface area contributed by atoms with Crippen LogP contribution in [-0.4, -0.2) is 47.6 Å². The number of piperazine rings is 1. The molecular formula is C14H16N3O3Y-. The standard InChI is InChI=1S/C14H16N3O3.Y/c1-10-3-4-11(15-9-10)16-7-8-17(13(19)20-2)14(5-6-14)12(16)18;/h4,9H,5-8H2,1-2H3;/q-1;. The number of amides is 2. The molecule has 0 bridgehead atoms. The third-order valence-electron chi connectivity index (χ3n) is 3.92. The summed E-state index contributed by atoms with van der Waals surface area (Å²) in [6, 6.07) is 4.77. The van der Waals surface area contributed by atoms with E-state index in [1.54, 1.807) is 22.1 Å². The number of rotatable bonds is 1. The number of methoxy groups -OCH3 is 1. The minimum absolute atomic E-state index is 0. The predicted molar refractivity (Wildman–Crippen MR) is 71.2 cm³/mol. The molecule has 2 aliphatic rings. The number of carbonyl (C=O) groups excluding carboxylic acids is 2. The molecule has 1 aliphatic heterocycles. The van der Waals surface area contributed by atoms with Crippen molar-refractivity contribution >= 4 is 17.8 Å². The molecule has 0 unspecified atom stereocenters. The molecule has 7 heteroatoms. The number of hydrogen-bond donors (Lipinski definition) is 0. The Morgan fingerprint density at radius 3 is 2.67 bits per heavy atom. The Bertz CT molecular complexity index is 557. The van der Waals surface area contributed by atoms with Gasteiger partial charge in [-0.1, -0.05) is 13.1 Å². The second-order valence-corrected chi connectivity index (χ2v) is 5.20. The molecule has 6 nitrogen and oxygen atoms in total. The molecule has 1 aliphatic carbocycles. The van der Waals surface area contributed by atoms with Gasteiger partial charge in [-0.2, -0.15) is 6.07 Å². The average Bonchev–Trinajstić information content (AvgIpc) is 3.24. The van der Waals surface area contributed by atoms with Crippen LogP contribution in [0.5, 0.6) is 0 Å². The van der Waals surface area contributed by atoms with Gasteiger partial charge in [0.2, 0.25) is 5.91 Å². The second kappa shape index (κ2) is 6.01. The largest absolute Gasteiger partial charge is 0.453 e. The van der Waals surface area contributed by atoms with E-state index in [2.05, 4.69) is 11.1 Å². The van der Waals surface area contributed by atoms with Gasteiger partial charge in [-0.05, 0) is 12.8 Å². The third kappa shape index (κ3) is 2.71. The van der Waals surface area contributed by atoms with Gasteiger partial charge in [0, 0.05) is 51.6 Å². The molecule has 1 saturated heterocycles. The number of aromatic nitrogens is 1. The zero-order valence-corrected chi connectivity index (χ0v) is 15.0. The summed E-state index contributed by atoms with van der Waals surface area (Å²) in [5.74, 6) is 0.523. The van der Waals surface area contributed by atoms with E-state index in [9.17, 15) is 9.59 Å². The molecule has 109 valence electrons. The molecule has 3 rings (SSSR count). The van der Waals surface area contributed by atoms with Crippen LogP contribution in [-0.2, 0) is 42.2 Å². The van der Waals surface area contributed by atoms with Crippen LogP contribution < -0.4 is 4.90 Å². The van der Waals surface area contributed by atoms with E-state index in [-0.39, 0.29) is 38.6 Å². The SMILES string of the molecule is COC(=O)N1CCN(c2c[c-]c(C)cn2)C(=O)C12CC2.[Y]. The zero-order chi connectivity index (χ0) is 14.3. The molecule has 2 heterocycles. The van der Waals surface area contributed by atoms with E-state index >= 15 is 0 Å². The number of ether oxygens (including phenoxy) is 1. The van der Waals surface area contributed by atoms with Crippen LogP contribution in [0.4, 0.5) is 10.6 Å². The number of aryl methyl sites for hydroxylation is 1. The van der Waals surface area contributed by atoms with Gasteiger partial charge in [-0.25, -0.2) is 4.79 Å². The van der Waals surface area contributed by atoms with Crippen molar-refractivity contribution in [1.29, 1.82) is 0 Å². The molecule has 0 N–H and O–H groups in total. The van der Waals surface area contributed by atoms with Crippen molar-refractivity contribution in [3.63, 3.8) is 0 Å². The molecular weight excluding hydrogens is 347 g/mol. The maximum absolute atomic E-state index is 12.6. The maximum Gasteiger partial charge on any atom is 0.410 e. The van der Waals surface area contributed by atoms with Crippen molar-refractivity contribution in [3.05, 3.63) is 23.9 Å². The fraction of sp³-hybridized carbons (Fsp3) is 0.500. The topological polar surface area (TPSA) is 62.7 Å². The van der Waals surface area contributed by atoms with Gasteiger partial charge >= 0.3 is 6.09 Å². The van der Waals surface area contributed by atoms with Crippen LogP contribution in [0, 0.1) is 13.0 Å². The van der Waals surface area contributed by atoms with E-state index in [4.69, 9.17) is 4.74 Å². The quantitative estimate of drug-likeness (QED) is 0.702. The van der Waals surface area contributed by atoms with E-state index in [0.29, 0.717) is 31.7 Å². The van der Waals surface area contributed by atoms with Crippen LogP contribution in [0.15, 0.2) is 12.3 Å². The van der Waals surface area contributed by atoms with Crippen LogP contribution >= 0.6 is 0 Å². The number of anilines is 1. The predicted octanol–water partition coefficient (Wildman–Crippen LogP) is 1.14. The van der Waals surface area contributed by atoms with Crippen molar-refractivity contribution in [3.8, 4) is 0 Å². The summed E-state index contributed by atoms with van der Waals surface area (Å²) in [6.07, 6.45) is 2.63. The Labute approximate surface area is 148 Å². The number of pyridine rings is 1. The number of nitrogens with zero attached hydrogens (tertiary/aromatic N) is 3. The van der Waals surface area contributed by atoms with Crippen molar-refractivity contribution in [2.45, 2.75) is 25.3 Å². The Kier molecular flexibility index (Phi) is 4.68. The Morgan fingerprint density at radius 1 is 1.43 bits per heavy atom. The summed E-state index contributed by atoms with van der Waals surface area (Å²) >= 11 is 0. The summed E-state index contributed by atoms with van der Waals surface area (Å²) in [7, 11) is 1.34. The molecule has 1 radical (unpaired) electrons. The zero-order valence-electron chi connectivity index (χ0n) is 12.1. The van der Waals surface area contributed by atoms with Crippen molar-refractivity contribution < 1.29 is 47.0 Å². The minimum atomic E-state index is -0.710. The van der Waals surface area contributed by atoms with Gasteiger partial charge < -0.3 is 14.6 Å². The van der Waals surface area contributed by atoms with Gasteiger partial charge in [0.25, 0.3) is 0 Å². The maximum atomic E-state index is 12.6. The van der Waals surface area contributed by atoms with Crippen LogP contribution in [0.3, 0.4) is 0 Å². The first kappa shape index (κ1) is 16.4. The molecule has 0 aromatic carbocycles. The summed E-state index contributed by atoms with van der Waals surface area (Å²) in [6.45, 7) is 2.80. The third-order valence-corrected chi connectivity index (χ3v) is 3.92. The van der Waals surface area contributed by atoms with E-state index in [0.717, 1.165) is 5.56 Å². The van der Waals surface area contributed by atoms with Crippen molar-refractivity contribution in [2.75, 3.05) is 25.1 Å². The van der Waals surface area contributed by atoms with Crippen LogP contribution in [0.2, 0.25) is 0 Å². The van der Waals surface area contributed by atoms with Gasteiger partial charge in [-0.15, -0.1) is 11.6 Å². The number of carbonyl (C=O) groups is 2. The van der Waals surface area contributed by atoms with Gasteiger partial charge in [0.05, 0.1) is 7.11 Å². The fourth-order valence-corrected chi connectivity index (χ4v) is 2.64. The summed E-state index contributed by atoms with van der Waals surface area (Å²) < 4.78 is 4.76. The first-order valence-corrected chi connectivity index (χ1v) is 6.60. The van der Waals surface area contributed by atoms with Crippen LogP contribution in [0.25, 0.3) is 0 Å². The van der Waals surface area contributed by atoms with Crippen molar-refractivity contribution in [1.82, 2.24) is 9.88 Å². The molecule has 1 saturated carbocycles. The van der Waals surface area contributed by atoms with Crippen molar-refractivity contribution in [2.24, 2.45) is 0 Å². The molecule has 1 spiro atoms.